The van der Waals surface area contributed by atoms with Crippen molar-refractivity contribution in [1.82, 2.24) is 0 Å². The smallest absolute Gasteiger partial charge is 0.0723 e. The molecule has 2 bridgehead atoms. The summed E-state index contributed by atoms with van der Waals surface area (Å²) < 4.78 is 0. The lowest BCUT2D eigenvalue weighted by molar-refractivity contribution is 0.155. The average molecular weight is 313 g/mol. The highest BCUT2D eigenvalue weighted by Gasteiger charge is 2.59. The largest absolute Gasteiger partial charge is 0.399 e. The van der Waals surface area contributed by atoms with E-state index in [2.05, 4.69) is 26.1 Å². The van der Waals surface area contributed by atoms with Gasteiger partial charge in [-0.25, -0.2) is 0 Å². The highest BCUT2D eigenvalue weighted by molar-refractivity contribution is 6.39. The Morgan fingerprint density at radius 3 is 2.30 bits per heavy atom. The molecular weight excluding hydrogens is 291 g/mol. The number of rotatable bonds is 2. The monoisotopic (exact) mass is 312 g/mol. The summed E-state index contributed by atoms with van der Waals surface area (Å²) in [6.45, 7) is 7.11. The maximum absolute atomic E-state index is 6.33. The normalized spacial score (nSPS) is 34.5. The predicted octanol–water partition coefficient (Wildman–Crippen LogP) is 5.20. The average Bonchev–Trinajstić information content (AvgIpc) is 2.77. The molecule has 2 saturated carbocycles. The van der Waals surface area contributed by atoms with Gasteiger partial charge in [0.2, 0.25) is 0 Å². The molecule has 2 aliphatic rings. The van der Waals surface area contributed by atoms with E-state index in [1.54, 1.807) is 12.1 Å². The quantitative estimate of drug-likeness (QED) is 0.736. The molecule has 2 aliphatic carbocycles. The van der Waals surface area contributed by atoms with Gasteiger partial charge in [0.25, 0.3) is 0 Å². The van der Waals surface area contributed by atoms with Crippen LogP contribution in [0.15, 0.2) is 12.1 Å². The summed E-state index contributed by atoms with van der Waals surface area (Å²) in [5, 5.41) is 4.86. The molecule has 1 aromatic rings. The third-order valence-electron chi connectivity index (χ3n) is 5.62. The second-order valence-electron chi connectivity index (χ2n) is 7.35. The number of nitrogens with one attached hydrogen (secondary N) is 1. The van der Waals surface area contributed by atoms with Crippen molar-refractivity contribution in [2.75, 3.05) is 11.1 Å². The van der Waals surface area contributed by atoms with Gasteiger partial charge in [-0.05, 0) is 48.1 Å². The van der Waals surface area contributed by atoms with Crippen LogP contribution in [0.1, 0.15) is 40.0 Å². The summed E-state index contributed by atoms with van der Waals surface area (Å²) in [4.78, 5) is 0. The molecule has 0 aliphatic heterocycles. The highest BCUT2D eigenvalue weighted by atomic mass is 35.5. The Bertz CT molecular complexity index is 528. The van der Waals surface area contributed by atoms with Crippen molar-refractivity contribution in [3.63, 3.8) is 0 Å². The molecule has 3 N–H and O–H groups in total. The van der Waals surface area contributed by atoms with Crippen LogP contribution < -0.4 is 11.1 Å². The van der Waals surface area contributed by atoms with Crippen molar-refractivity contribution in [3.8, 4) is 0 Å². The van der Waals surface area contributed by atoms with Crippen LogP contribution in [0.5, 0.6) is 0 Å². The summed E-state index contributed by atoms with van der Waals surface area (Å²) in [6.07, 6.45) is 3.91. The summed E-state index contributed by atoms with van der Waals surface area (Å²) in [5.74, 6) is 0.788. The predicted molar refractivity (Wildman–Crippen MR) is 87.5 cm³/mol. The van der Waals surface area contributed by atoms with Crippen LogP contribution in [-0.2, 0) is 0 Å². The van der Waals surface area contributed by atoms with Crippen LogP contribution in [0.4, 0.5) is 11.4 Å². The van der Waals surface area contributed by atoms with Gasteiger partial charge in [-0.2, -0.15) is 0 Å². The van der Waals surface area contributed by atoms with Crippen LogP contribution in [0, 0.1) is 16.7 Å². The van der Waals surface area contributed by atoms with Gasteiger partial charge < -0.3 is 11.1 Å². The van der Waals surface area contributed by atoms with Gasteiger partial charge in [0.15, 0.2) is 0 Å². The Balaban J connectivity index is 1.96. The zero-order valence-corrected chi connectivity index (χ0v) is 13.8. The number of hydrogen-bond acceptors (Lipinski definition) is 2. The highest BCUT2D eigenvalue weighted by Crippen LogP contribution is 2.63. The van der Waals surface area contributed by atoms with Crippen LogP contribution in [0.2, 0.25) is 10.0 Å². The molecule has 0 radical (unpaired) electrons. The van der Waals surface area contributed by atoms with Crippen molar-refractivity contribution in [2.24, 2.45) is 16.7 Å². The van der Waals surface area contributed by atoms with E-state index in [4.69, 9.17) is 28.9 Å². The van der Waals surface area contributed by atoms with E-state index in [9.17, 15) is 0 Å². The van der Waals surface area contributed by atoms with Gasteiger partial charge in [-0.15, -0.1) is 0 Å². The third-order valence-corrected chi connectivity index (χ3v) is 6.22. The Morgan fingerprint density at radius 1 is 1.20 bits per heavy atom. The van der Waals surface area contributed by atoms with Gasteiger partial charge in [0, 0.05) is 11.7 Å². The number of hydrogen-bond donors (Lipinski definition) is 2. The molecule has 0 saturated heterocycles. The topological polar surface area (TPSA) is 38.0 Å². The van der Waals surface area contributed by atoms with E-state index < -0.39 is 0 Å². The first kappa shape index (κ1) is 14.3. The SMILES string of the molecule is CC12CCC(C1)C(C)(C)C2Nc1c(Cl)cc(N)cc1Cl. The first-order valence-corrected chi connectivity index (χ1v) is 8.01. The Morgan fingerprint density at radius 2 is 1.80 bits per heavy atom. The molecule has 2 nitrogen and oxygen atoms in total. The zero-order valence-electron chi connectivity index (χ0n) is 12.3. The van der Waals surface area contributed by atoms with Gasteiger partial charge in [0.05, 0.1) is 15.7 Å². The molecule has 1 aromatic carbocycles. The lowest BCUT2D eigenvalue weighted by atomic mass is 9.68. The first-order valence-electron chi connectivity index (χ1n) is 7.25. The van der Waals surface area contributed by atoms with Gasteiger partial charge in [-0.3, -0.25) is 0 Å². The minimum atomic E-state index is 0.265. The van der Waals surface area contributed by atoms with Crippen LogP contribution in [0.3, 0.4) is 0 Å². The third kappa shape index (κ3) is 2.00. The zero-order chi connectivity index (χ0) is 14.7. The molecule has 0 heterocycles. The van der Waals surface area contributed by atoms with E-state index in [-0.39, 0.29) is 5.41 Å². The fourth-order valence-corrected chi connectivity index (χ4v) is 5.15. The van der Waals surface area contributed by atoms with E-state index >= 15 is 0 Å². The molecule has 0 spiro atoms. The lowest BCUT2D eigenvalue weighted by Gasteiger charge is -2.44. The molecule has 4 heteroatoms. The van der Waals surface area contributed by atoms with Crippen molar-refractivity contribution in [2.45, 2.75) is 46.1 Å². The molecule has 0 amide bonds. The number of halogens is 2. The van der Waals surface area contributed by atoms with Crippen molar-refractivity contribution < 1.29 is 0 Å². The number of anilines is 2. The van der Waals surface area contributed by atoms with E-state index in [0.29, 0.717) is 27.2 Å². The standard InChI is InChI=1S/C16H22Cl2N2/c1-15(2)9-4-5-16(3,8-9)14(15)20-13-11(17)6-10(19)7-12(13)18/h6-7,9,14,20H,4-5,8,19H2,1-3H3. The van der Waals surface area contributed by atoms with E-state index in [1.807, 2.05) is 0 Å². The summed E-state index contributed by atoms with van der Waals surface area (Å²) in [6, 6.07) is 3.92. The Labute approximate surface area is 131 Å². The van der Waals surface area contributed by atoms with Crippen molar-refractivity contribution in [1.29, 1.82) is 0 Å². The van der Waals surface area contributed by atoms with Crippen molar-refractivity contribution >= 4 is 34.6 Å². The minimum Gasteiger partial charge on any atom is -0.399 e. The number of nitrogens with two attached hydrogens (primary N) is 1. The molecule has 110 valence electrons. The molecule has 3 rings (SSSR count). The summed E-state index contributed by atoms with van der Waals surface area (Å²) >= 11 is 12.7. The Kier molecular flexibility index (Phi) is 3.19. The maximum Gasteiger partial charge on any atom is 0.0723 e. The van der Waals surface area contributed by atoms with Crippen LogP contribution in [-0.4, -0.2) is 6.04 Å². The molecule has 0 aromatic heterocycles. The van der Waals surface area contributed by atoms with Gasteiger partial charge >= 0.3 is 0 Å². The fourth-order valence-electron chi connectivity index (χ4n) is 4.54. The van der Waals surface area contributed by atoms with E-state index in [0.717, 1.165) is 11.6 Å². The van der Waals surface area contributed by atoms with Crippen molar-refractivity contribution in [3.05, 3.63) is 22.2 Å². The second kappa shape index (κ2) is 4.45. The number of nitrogen functional groups attached to an aromatic ring is 1. The summed E-state index contributed by atoms with van der Waals surface area (Å²) in [7, 11) is 0. The summed E-state index contributed by atoms with van der Waals surface area (Å²) in [5.41, 5.74) is 7.81. The molecule has 3 unspecified atom stereocenters. The number of fused-ring (bicyclic) bond motifs is 2. The van der Waals surface area contributed by atoms with E-state index in [1.165, 1.54) is 19.3 Å². The minimum absolute atomic E-state index is 0.265. The van der Waals surface area contributed by atoms with Gasteiger partial charge in [0.1, 0.15) is 0 Å². The Hall–Kier alpha value is -0.600. The second-order valence-corrected chi connectivity index (χ2v) is 8.17. The van der Waals surface area contributed by atoms with Crippen LogP contribution >= 0.6 is 23.2 Å². The lowest BCUT2D eigenvalue weighted by Crippen LogP contribution is -2.45. The van der Waals surface area contributed by atoms with Gasteiger partial charge in [-0.1, -0.05) is 44.0 Å². The maximum atomic E-state index is 6.33. The molecule has 2 fully saturated rings. The van der Waals surface area contributed by atoms with Crippen LogP contribution in [0.25, 0.3) is 0 Å². The molecule has 3 atom stereocenters. The first-order chi connectivity index (χ1) is 9.24. The molecule has 20 heavy (non-hydrogen) atoms. The molecular formula is C16H22Cl2N2. The number of benzene rings is 1. The fraction of sp³-hybridized carbons (Fsp3) is 0.625.